The van der Waals surface area contributed by atoms with Gasteiger partial charge in [0.1, 0.15) is 4.90 Å². The van der Waals surface area contributed by atoms with Crippen molar-refractivity contribution in [1.29, 1.82) is 0 Å². The number of nitrogen functional groups attached to an aromatic ring is 1. The number of rotatable bonds is 4. The number of hydrogen-bond donors (Lipinski definition) is 2. The smallest absolute Gasteiger partial charge is 0.243 e. The maximum Gasteiger partial charge on any atom is 0.243 e. The lowest BCUT2D eigenvalue weighted by Crippen LogP contribution is -2.25. The molecule has 6 nitrogen and oxygen atoms in total. The van der Waals surface area contributed by atoms with Crippen molar-refractivity contribution < 1.29 is 8.42 Å². The highest BCUT2D eigenvalue weighted by atomic mass is 32.2. The molecule has 7 heteroatoms. The number of benzene rings is 1. The summed E-state index contributed by atoms with van der Waals surface area (Å²) in [4.78, 5) is 0.157. The van der Waals surface area contributed by atoms with Gasteiger partial charge in [-0.05, 0) is 38.0 Å². The quantitative estimate of drug-likeness (QED) is 0.836. The molecule has 1 aromatic carbocycles. The van der Waals surface area contributed by atoms with E-state index in [2.05, 4.69) is 9.82 Å². The van der Waals surface area contributed by atoms with E-state index in [1.165, 1.54) is 0 Å². The Balaban J connectivity index is 2.32. The van der Waals surface area contributed by atoms with E-state index in [0.29, 0.717) is 5.56 Å². The fourth-order valence-corrected chi connectivity index (χ4v) is 3.56. The van der Waals surface area contributed by atoms with Crippen molar-refractivity contribution in [2.45, 2.75) is 32.2 Å². The summed E-state index contributed by atoms with van der Waals surface area (Å²) in [5.41, 5.74) is 9.42. The van der Waals surface area contributed by atoms with Crippen molar-refractivity contribution in [3.63, 3.8) is 0 Å². The van der Waals surface area contributed by atoms with Crippen LogP contribution in [0, 0.1) is 20.8 Å². The molecular weight excluding hydrogens is 288 g/mol. The summed E-state index contributed by atoms with van der Waals surface area (Å²) >= 11 is 0. The van der Waals surface area contributed by atoms with Gasteiger partial charge in [-0.3, -0.25) is 4.68 Å². The van der Waals surface area contributed by atoms with E-state index in [1.807, 2.05) is 27.0 Å². The molecule has 1 heterocycles. The summed E-state index contributed by atoms with van der Waals surface area (Å²) in [5, 5.41) is 4.10. The second-order valence-corrected chi connectivity index (χ2v) is 6.83. The Labute approximate surface area is 125 Å². The second kappa shape index (κ2) is 5.50. The molecule has 2 rings (SSSR count). The molecule has 0 bridgehead atoms. The van der Waals surface area contributed by atoms with E-state index in [1.54, 1.807) is 23.9 Å². The maximum atomic E-state index is 12.5. The number of sulfonamides is 1. The van der Waals surface area contributed by atoms with Crippen LogP contribution in [-0.4, -0.2) is 18.2 Å². The summed E-state index contributed by atoms with van der Waals surface area (Å²) in [5.74, 6) is 0. The Morgan fingerprint density at radius 2 is 1.95 bits per heavy atom. The Kier molecular flexibility index (Phi) is 4.06. The molecule has 114 valence electrons. The largest absolute Gasteiger partial charge is 0.398 e. The third-order valence-corrected chi connectivity index (χ3v) is 5.37. The molecule has 0 amide bonds. The number of nitrogens with two attached hydrogens (primary N) is 1. The van der Waals surface area contributed by atoms with Crippen molar-refractivity contribution in [2.24, 2.45) is 7.05 Å². The fraction of sp³-hybridized carbons (Fsp3) is 0.357. The van der Waals surface area contributed by atoms with Crippen molar-refractivity contribution in [3.05, 3.63) is 40.7 Å². The van der Waals surface area contributed by atoms with Crippen LogP contribution in [0.5, 0.6) is 0 Å². The number of nitrogens with one attached hydrogen (secondary N) is 1. The highest BCUT2D eigenvalue weighted by Gasteiger charge is 2.21. The van der Waals surface area contributed by atoms with E-state index in [9.17, 15) is 8.42 Å². The molecule has 0 atom stereocenters. The van der Waals surface area contributed by atoms with Gasteiger partial charge in [-0.1, -0.05) is 6.07 Å². The first kappa shape index (κ1) is 15.5. The van der Waals surface area contributed by atoms with Gasteiger partial charge in [0, 0.05) is 24.8 Å². The molecule has 0 saturated carbocycles. The van der Waals surface area contributed by atoms with Gasteiger partial charge in [0.05, 0.1) is 11.9 Å². The zero-order valence-corrected chi connectivity index (χ0v) is 13.5. The van der Waals surface area contributed by atoms with Gasteiger partial charge >= 0.3 is 0 Å². The molecule has 3 N–H and O–H groups in total. The zero-order valence-electron chi connectivity index (χ0n) is 12.6. The lowest BCUT2D eigenvalue weighted by molar-refractivity contribution is 0.581. The summed E-state index contributed by atoms with van der Waals surface area (Å²) in [6.45, 7) is 5.70. The van der Waals surface area contributed by atoms with Gasteiger partial charge < -0.3 is 5.73 Å². The normalized spacial score (nSPS) is 11.8. The van der Waals surface area contributed by atoms with Crippen LogP contribution >= 0.6 is 0 Å². The van der Waals surface area contributed by atoms with Crippen LogP contribution < -0.4 is 10.5 Å². The van der Waals surface area contributed by atoms with Gasteiger partial charge in [-0.25, -0.2) is 13.1 Å². The highest BCUT2D eigenvalue weighted by molar-refractivity contribution is 7.89. The van der Waals surface area contributed by atoms with Gasteiger partial charge in [0.2, 0.25) is 10.0 Å². The van der Waals surface area contributed by atoms with E-state index >= 15 is 0 Å². The third-order valence-electron chi connectivity index (χ3n) is 3.77. The average Bonchev–Trinajstić information content (AvgIpc) is 2.72. The van der Waals surface area contributed by atoms with Gasteiger partial charge in [0.15, 0.2) is 0 Å². The zero-order chi connectivity index (χ0) is 15.8. The van der Waals surface area contributed by atoms with Crippen molar-refractivity contribution in [3.8, 4) is 0 Å². The molecule has 2 aromatic rings. The Morgan fingerprint density at radius 3 is 2.52 bits per heavy atom. The van der Waals surface area contributed by atoms with E-state index < -0.39 is 10.0 Å². The van der Waals surface area contributed by atoms with Crippen LogP contribution in [0.3, 0.4) is 0 Å². The summed E-state index contributed by atoms with van der Waals surface area (Å²) in [7, 11) is -1.85. The van der Waals surface area contributed by atoms with Gasteiger partial charge in [-0.15, -0.1) is 0 Å². The van der Waals surface area contributed by atoms with Gasteiger partial charge in [-0.2, -0.15) is 5.10 Å². The number of hydrogen-bond acceptors (Lipinski definition) is 4. The molecule has 0 radical (unpaired) electrons. The molecule has 1 aromatic heterocycles. The lowest BCUT2D eigenvalue weighted by Gasteiger charge is -2.13. The van der Waals surface area contributed by atoms with E-state index in [-0.39, 0.29) is 17.1 Å². The number of nitrogens with zero attached hydrogens (tertiary/aromatic N) is 2. The van der Waals surface area contributed by atoms with Crippen LogP contribution in [0.2, 0.25) is 0 Å². The summed E-state index contributed by atoms with van der Waals surface area (Å²) in [6, 6.07) is 3.43. The minimum atomic E-state index is -3.66. The molecule has 0 unspecified atom stereocenters. The Hall–Kier alpha value is -1.86. The minimum absolute atomic E-state index is 0.157. The second-order valence-electron chi connectivity index (χ2n) is 5.13. The first-order chi connectivity index (χ1) is 9.74. The highest BCUT2D eigenvalue weighted by Crippen LogP contribution is 2.25. The van der Waals surface area contributed by atoms with Crippen molar-refractivity contribution in [2.75, 3.05) is 5.73 Å². The number of aryl methyl sites for hydroxylation is 2. The maximum absolute atomic E-state index is 12.5. The standard InChI is InChI=1S/C14H20N4O2S/c1-9-5-6-13(15)14(10(9)2)21(19,20)17-8-12-7-16-18(4)11(12)3/h5-7,17H,8,15H2,1-4H3. The summed E-state index contributed by atoms with van der Waals surface area (Å²) < 4.78 is 29.3. The topological polar surface area (TPSA) is 90.0 Å². The Morgan fingerprint density at radius 1 is 1.29 bits per heavy atom. The predicted octanol–water partition coefficient (Wildman–Crippen LogP) is 1.41. The van der Waals surface area contributed by atoms with E-state index in [0.717, 1.165) is 16.8 Å². The molecule has 0 aliphatic heterocycles. The molecule has 0 saturated heterocycles. The molecule has 0 aliphatic rings. The molecule has 21 heavy (non-hydrogen) atoms. The van der Waals surface area contributed by atoms with Crippen LogP contribution in [0.4, 0.5) is 5.69 Å². The van der Waals surface area contributed by atoms with Crippen LogP contribution in [0.1, 0.15) is 22.4 Å². The first-order valence-electron chi connectivity index (χ1n) is 6.57. The van der Waals surface area contributed by atoms with Crippen molar-refractivity contribution in [1.82, 2.24) is 14.5 Å². The van der Waals surface area contributed by atoms with Crippen molar-refractivity contribution >= 4 is 15.7 Å². The minimum Gasteiger partial charge on any atom is -0.398 e. The first-order valence-corrected chi connectivity index (χ1v) is 8.05. The number of anilines is 1. The summed E-state index contributed by atoms with van der Waals surface area (Å²) in [6.07, 6.45) is 1.66. The third kappa shape index (κ3) is 2.93. The monoisotopic (exact) mass is 308 g/mol. The molecule has 0 aliphatic carbocycles. The fourth-order valence-electron chi connectivity index (χ4n) is 2.13. The SMILES string of the molecule is Cc1ccc(N)c(S(=O)(=O)NCc2cnn(C)c2C)c1C. The van der Waals surface area contributed by atoms with E-state index in [4.69, 9.17) is 5.73 Å². The molecular formula is C14H20N4O2S. The van der Waals surface area contributed by atoms with Gasteiger partial charge in [0.25, 0.3) is 0 Å². The predicted molar refractivity (Wildman–Crippen MR) is 82.3 cm³/mol. The lowest BCUT2D eigenvalue weighted by atomic mass is 10.1. The molecule has 0 spiro atoms. The average molecular weight is 308 g/mol. The van der Waals surface area contributed by atoms with Crippen LogP contribution in [0.15, 0.2) is 23.2 Å². The molecule has 0 fully saturated rings. The Bertz CT molecular complexity index is 779. The van der Waals surface area contributed by atoms with Crippen LogP contribution in [-0.2, 0) is 23.6 Å². The number of aromatic nitrogens is 2. The van der Waals surface area contributed by atoms with Crippen LogP contribution in [0.25, 0.3) is 0 Å².